The zero-order chi connectivity index (χ0) is 26.7. The predicted molar refractivity (Wildman–Crippen MR) is 143 cm³/mol. The van der Waals surface area contributed by atoms with Crippen molar-refractivity contribution in [2.75, 3.05) is 18.5 Å². The minimum Gasteiger partial charge on any atom is -0.490 e. The van der Waals surface area contributed by atoms with Crippen LogP contribution in [0.25, 0.3) is 0 Å². The van der Waals surface area contributed by atoms with Gasteiger partial charge in [-0.2, -0.15) is 0 Å². The number of nitrogens with one attached hydrogen (secondary N) is 2. The fourth-order valence-electron chi connectivity index (χ4n) is 3.59. The SMILES string of the molecule is Cc1cc(Cl)c(OCCO[Si](C)(C)C(C)(C)C)cc1NC(=O)C1=CNC(=O)C[C@H]1c1ccc(F)cc1. The van der Waals surface area contributed by atoms with E-state index in [0.717, 1.165) is 5.56 Å². The fraction of sp³-hybridized carbons (Fsp3) is 0.407. The third-order valence-corrected chi connectivity index (χ3v) is 11.7. The zero-order valence-corrected chi connectivity index (χ0v) is 23.4. The van der Waals surface area contributed by atoms with E-state index < -0.39 is 14.2 Å². The summed E-state index contributed by atoms with van der Waals surface area (Å²) in [5.41, 5.74) is 2.37. The van der Waals surface area contributed by atoms with E-state index >= 15 is 0 Å². The van der Waals surface area contributed by atoms with Gasteiger partial charge in [-0.1, -0.05) is 44.5 Å². The van der Waals surface area contributed by atoms with Gasteiger partial charge in [0, 0.05) is 35.9 Å². The standard InChI is InChI=1S/C27H34ClFN2O4Si/c1-17-13-22(28)24(34-11-12-35-36(5,6)27(2,3)4)15-23(17)31-26(33)21-16-30-25(32)14-20(21)18-7-9-19(29)10-8-18/h7-10,13,15-16,20H,11-12,14H2,1-6H3,(H,30,32)(H,31,33)/t20-/m0/s1. The number of hydrogen-bond acceptors (Lipinski definition) is 4. The van der Waals surface area contributed by atoms with E-state index in [-0.39, 0.29) is 29.1 Å². The lowest BCUT2D eigenvalue weighted by molar-refractivity contribution is -0.121. The van der Waals surface area contributed by atoms with Crippen molar-refractivity contribution in [1.82, 2.24) is 5.32 Å². The Morgan fingerprint density at radius 2 is 1.86 bits per heavy atom. The summed E-state index contributed by atoms with van der Waals surface area (Å²) in [6.45, 7) is 13.5. The van der Waals surface area contributed by atoms with Crippen molar-refractivity contribution in [1.29, 1.82) is 0 Å². The summed E-state index contributed by atoms with van der Waals surface area (Å²) >= 11 is 6.40. The van der Waals surface area contributed by atoms with Gasteiger partial charge in [0.1, 0.15) is 18.2 Å². The van der Waals surface area contributed by atoms with Gasteiger partial charge in [0.05, 0.1) is 11.6 Å². The van der Waals surface area contributed by atoms with E-state index in [1.807, 2.05) is 6.92 Å². The normalized spacial score (nSPS) is 16.3. The van der Waals surface area contributed by atoms with Crippen LogP contribution in [0.3, 0.4) is 0 Å². The van der Waals surface area contributed by atoms with Crippen LogP contribution in [0.15, 0.2) is 48.2 Å². The Hall–Kier alpha value is -2.68. The number of carbonyl (C=O) groups excluding carboxylic acids is 2. The highest BCUT2D eigenvalue weighted by Gasteiger charge is 2.37. The van der Waals surface area contributed by atoms with Gasteiger partial charge in [-0.15, -0.1) is 0 Å². The third kappa shape index (κ3) is 6.75. The van der Waals surface area contributed by atoms with E-state index in [2.05, 4.69) is 44.5 Å². The van der Waals surface area contributed by atoms with Crippen LogP contribution in [0.5, 0.6) is 5.75 Å². The summed E-state index contributed by atoms with van der Waals surface area (Å²) in [6, 6.07) is 9.24. The van der Waals surface area contributed by atoms with Gasteiger partial charge in [-0.25, -0.2) is 4.39 Å². The number of halogens is 2. The molecule has 0 radical (unpaired) electrons. The van der Waals surface area contributed by atoms with Gasteiger partial charge >= 0.3 is 0 Å². The van der Waals surface area contributed by atoms with Crippen molar-refractivity contribution in [3.63, 3.8) is 0 Å². The van der Waals surface area contributed by atoms with Crippen LogP contribution < -0.4 is 15.4 Å². The lowest BCUT2D eigenvalue weighted by Crippen LogP contribution is -2.41. The lowest BCUT2D eigenvalue weighted by Gasteiger charge is -2.36. The summed E-state index contributed by atoms with van der Waals surface area (Å²) < 4.78 is 25.5. The van der Waals surface area contributed by atoms with Crippen molar-refractivity contribution < 1.29 is 23.1 Å². The molecule has 0 unspecified atom stereocenters. The molecule has 2 aromatic carbocycles. The molecule has 0 aromatic heterocycles. The number of hydrogen-bond donors (Lipinski definition) is 2. The molecule has 1 aliphatic rings. The first-order valence-corrected chi connectivity index (χ1v) is 15.2. The van der Waals surface area contributed by atoms with Gasteiger partial charge < -0.3 is 19.8 Å². The summed E-state index contributed by atoms with van der Waals surface area (Å²) in [6.07, 6.45) is 1.50. The molecule has 0 saturated heterocycles. The molecule has 3 rings (SSSR count). The van der Waals surface area contributed by atoms with Crippen LogP contribution in [-0.2, 0) is 14.0 Å². The fourth-order valence-corrected chi connectivity index (χ4v) is 4.89. The van der Waals surface area contributed by atoms with Crippen LogP contribution in [0.2, 0.25) is 23.2 Å². The van der Waals surface area contributed by atoms with Gasteiger partial charge in [0.2, 0.25) is 5.91 Å². The average molecular weight is 533 g/mol. The number of carbonyl (C=O) groups is 2. The highest BCUT2D eigenvalue weighted by atomic mass is 35.5. The molecule has 0 spiro atoms. The van der Waals surface area contributed by atoms with Crippen LogP contribution in [0.4, 0.5) is 10.1 Å². The van der Waals surface area contributed by atoms with Crippen molar-refractivity contribution in [2.24, 2.45) is 0 Å². The van der Waals surface area contributed by atoms with E-state index in [4.69, 9.17) is 20.8 Å². The molecule has 36 heavy (non-hydrogen) atoms. The summed E-state index contributed by atoms with van der Waals surface area (Å²) in [5, 5.41) is 6.06. The molecule has 1 aliphatic heterocycles. The van der Waals surface area contributed by atoms with Crippen LogP contribution in [0.1, 0.15) is 44.2 Å². The molecule has 2 aromatic rings. The Balaban J connectivity index is 1.72. The van der Waals surface area contributed by atoms with Crippen molar-refractivity contribution in [3.05, 3.63) is 70.1 Å². The van der Waals surface area contributed by atoms with Gasteiger partial charge in [0.25, 0.3) is 5.91 Å². The number of ether oxygens (including phenoxy) is 1. The maximum atomic E-state index is 13.4. The second kappa shape index (κ2) is 11.1. The second-order valence-corrected chi connectivity index (χ2v) is 15.7. The Labute approximate surface area is 218 Å². The molecule has 2 N–H and O–H groups in total. The quantitative estimate of drug-likeness (QED) is 0.308. The molecule has 0 bridgehead atoms. The molecule has 1 heterocycles. The minimum atomic E-state index is -1.89. The smallest absolute Gasteiger partial charge is 0.253 e. The molecule has 6 nitrogen and oxygen atoms in total. The topological polar surface area (TPSA) is 76.7 Å². The van der Waals surface area contributed by atoms with E-state index in [1.54, 1.807) is 24.3 Å². The number of rotatable bonds is 8. The van der Waals surface area contributed by atoms with Crippen LogP contribution >= 0.6 is 11.6 Å². The highest BCUT2D eigenvalue weighted by Crippen LogP contribution is 2.37. The van der Waals surface area contributed by atoms with E-state index in [0.29, 0.717) is 40.8 Å². The first kappa shape index (κ1) is 27.9. The molecule has 194 valence electrons. The summed E-state index contributed by atoms with van der Waals surface area (Å²) in [5.74, 6) is -1.01. The number of benzene rings is 2. The van der Waals surface area contributed by atoms with Crippen molar-refractivity contribution in [3.8, 4) is 5.75 Å². The Kier molecular flexibility index (Phi) is 8.64. The van der Waals surface area contributed by atoms with Crippen LogP contribution in [-0.4, -0.2) is 33.3 Å². The minimum absolute atomic E-state index is 0.0904. The first-order valence-electron chi connectivity index (χ1n) is 11.9. The molecule has 9 heteroatoms. The Morgan fingerprint density at radius 3 is 2.50 bits per heavy atom. The molecular formula is C27H34ClFN2O4Si. The second-order valence-electron chi connectivity index (χ2n) is 10.5. The lowest BCUT2D eigenvalue weighted by atomic mass is 9.86. The molecular weight excluding hydrogens is 499 g/mol. The molecule has 2 amide bonds. The van der Waals surface area contributed by atoms with Gasteiger partial charge in [0.15, 0.2) is 8.32 Å². The maximum absolute atomic E-state index is 13.4. The molecule has 0 aliphatic carbocycles. The van der Waals surface area contributed by atoms with Crippen molar-refractivity contribution >= 4 is 37.4 Å². The predicted octanol–water partition coefficient (Wildman–Crippen LogP) is 6.31. The van der Waals surface area contributed by atoms with E-state index in [9.17, 15) is 14.0 Å². The summed E-state index contributed by atoms with van der Waals surface area (Å²) in [7, 11) is -1.89. The Bertz CT molecular complexity index is 1160. The number of anilines is 1. The molecule has 0 saturated carbocycles. The first-order chi connectivity index (χ1) is 16.8. The largest absolute Gasteiger partial charge is 0.490 e. The third-order valence-electron chi connectivity index (χ3n) is 6.83. The average Bonchev–Trinajstić information content (AvgIpc) is 2.79. The summed E-state index contributed by atoms with van der Waals surface area (Å²) in [4.78, 5) is 25.3. The van der Waals surface area contributed by atoms with Gasteiger partial charge in [-0.05, 0) is 54.4 Å². The van der Waals surface area contributed by atoms with E-state index in [1.165, 1.54) is 18.3 Å². The molecule has 1 atom stereocenters. The Morgan fingerprint density at radius 1 is 1.19 bits per heavy atom. The molecule has 0 fully saturated rings. The highest BCUT2D eigenvalue weighted by molar-refractivity contribution is 6.74. The van der Waals surface area contributed by atoms with Crippen LogP contribution in [0, 0.1) is 12.7 Å². The van der Waals surface area contributed by atoms with Crippen molar-refractivity contribution in [2.45, 2.75) is 58.2 Å². The monoisotopic (exact) mass is 532 g/mol. The zero-order valence-electron chi connectivity index (χ0n) is 21.6. The number of amides is 2. The maximum Gasteiger partial charge on any atom is 0.253 e. The number of aryl methyl sites for hydroxylation is 1. The van der Waals surface area contributed by atoms with Gasteiger partial charge in [-0.3, -0.25) is 9.59 Å².